The molecular weight excluding hydrogens is 361 g/mol. The Balaban J connectivity index is 1.42. The molecule has 3 nitrogen and oxygen atoms in total. The molecule has 0 radical (unpaired) electrons. The Labute approximate surface area is 161 Å². The molecule has 0 bridgehead atoms. The van der Waals surface area contributed by atoms with Crippen molar-refractivity contribution < 1.29 is 4.39 Å². The van der Waals surface area contributed by atoms with E-state index >= 15 is 0 Å². The third-order valence-corrected chi connectivity index (χ3v) is 4.69. The maximum atomic E-state index is 13.5. The van der Waals surface area contributed by atoms with Gasteiger partial charge in [0, 0.05) is 17.0 Å². The second kappa shape index (κ2) is 7.72. The Kier molecular flexibility index (Phi) is 4.99. The highest BCUT2D eigenvalue weighted by Crippen LogP contribution is 2.23. The number of benzene rings is 3. The smallest absolute Gasteiger partial charge is 0.137 e. The van der Waals surface area contributed by atoms with Gasteiger partial charge in [0.2, 0.25) is 0 Å². The van der Waals surface area contributed by atoms with Gasteiger partial charge in [0.05, 0.1) is 5.52 Å². The van der Waals surface area contributed by atoms with Crippen LogP contribution in [0.3, 0.4) is 0 Å². The molecule has 1 heterocycles. The monoisotopic (exact) mass is 377 g/mol. The number of aromatic nitrogens is 2. The zero-order chi connectivity index (χ0) is 18.6. The van der Waals surface area contributed by atoms with E-state index in [1.165, 1.54) is 24.0 Å². The van der Waals surface area contributed by atoms with Crippen LogP contribution < -0.4 is 5.32 Å². The van der Waals surface area contributed by atoms with Gasteiger partial charge in [-0.15, -0.1) is 0 Å². The van der Waals surface area contributed by atoms with Crippen molar-refractivity contribution in [3.8, 4) is 11.1 Å². The lowest BCUT2D eigenvalue weighted by Gasteiger charge is -2.09. The van der Waals surface area contributed by atoms with Crippen molar-refractivity contribution in [2.24, 2.45) is 0 Å². The molecule has 0 aliphatic carbocycles. The summed E-state index contributed by atoms with van der Waals surface area (Å²) in [7, 11) is 0. The number of fused-ring (bicyclic) bond motifs is 1. The summed E-state index contributed by atoms with van der Waals surface area (Å²) in [4.78, 5) is 8.41. The maximum absolute atomic E-state index is 13.5. The fourth-order valence-corrected chi connectivity index (χ4v) is 3.13. The van der Waals surface area contributed by atoms with Crippen LogP contribution in [-0.2, 0) is 6.42 Å². The molecule has 5 heteroatoms. The van der Waals surface area contributed by atoms with E-state index in [9.17, 15) is 4.39 Å². The quantitative estimate of drug-likeness (QED) is 0.481. The summed E-state index contributed by atoms with van der Waals surface area (Å²) >= 11 is 5.94. The Morgan fingerprint density at radius 1 is 0.852 bits per heavy atom. The molecule has 0 saturated heterocycles. The Bertz CT molecular complexity index is 1060. The standard InChI is InChI=1S/C22H17ClFN3/c23-18-7-5-17(6-8-18)16-3-1-15(2-4-16)11-12-25-22-20-13-19(24)9-10-21(20)26-14-27-22/h1-10,13-14H,11-12H2,(H,25,26,27). The van der Waals surface area contributed by atoms with E-state index in [2.05, 4.69) is 39.6 Å². The van der Waals surface area contributed by atoms with Crippen LogP contribution in [0, 0.1) is 5.82 Å². The van der Waals surface area contributed by atoms with Gasteiger partial charge < -0.3 is 5.32 Å². The molecule has 1 aromatic heterocycles. The molecule has 0 aliphatic rings. The van der Waals surface area contributed by atoms with Crippen molar-refractivity contribution in [2.75, 3.05) is 11.9 Å². The highest BCUT2D eigenvalue weighted by molar-refractivity contribution is 6.30. The number of halogens is 2. The molecule has 4 aromatic rings. The number of hydrogen-bond donors (Lipinski definition) is 1. The topological polar surface area (TPSA) is 37.8 Å². The molecule has 0 spiro atoms. The zero-order valence-corrected chi connectivity index (χ0v) is 15.2. The fraction of sp³-hybridized carbons (Fsp3) is 0.0909. The SMILES string of the molecule is Fc1ccc2ncnc(NCCc3ccc(-c4ccc(Cl)cc4)cc3)c2c1. The van der Waals surface area contributed by atoms with Crippen molar-refractivity contribution in [3.63, 3.8) is 0 Å². The molecule has 0 unspecified atom stereocenters. The van der Waals surface area contributed by atoms with E-state index in [1.807, 2.05) is 24.3 Å². The van der Waals surface area contributed by atoms with Gasteiger partial charge in [-0.3, -0.25) is 0 Å². The largest absolute Gasteiger partial charge is 0.369 e. The minimum atomic E-state index is -0.293. The summed E-state index contributed by atoms with van der Waals surface area (Å²) in [5.74, 6) is 0.357. The normalized spacial score (nSPS) is 10.9. The fourth-order valence-electron chi connectivity index (χ4n) is 3.00. The van der Waals surface area contributed by atoms with Gasteiger partial charge >= 0.3 is 0 Å². The molecule has 0 aliphatic heterocycles. The summed E-state index contributed by atoms with van der Waals surface area (Å²) in [5.41, 5.74) is 4.23. The first kappa shape index (κ1) is 17.4. The minimum absolute atomic E-state index is 0.293. The van der Waals surface area contributed by atoms with Gasteiger partial charge in [-0.05, 0) is 53.4 Å². The number of rotatable bonds is 5. The second-order valence-electron chi connectivity index (χ2n) is 6.26. The van der Waals surface area contributed by atoms with Crippen molar-refractivity contribution >= 4 is 28.3 Å². The molecular formula is C22H17ClFN3. The van der Waals surface area contributed by atoms with E-state index < -0.39 is 0 Å². The lowest BCUT2D eigenvalue weighted by Crippen LogP contribution is -2.07. The first-order valence-electron chi connectivity index (χ1n) is 8.68. The Morgan fingerprint density at radius 3 is 2.30 bits per heavy atom. The summed E-state index contributed by atoms with van der Waals surface area (Å²) in [6.07, 6.45) is 2.32. The molecule has 3 aromatic carbocycles. The number of anilines is 1. The van der Waals surface area contributed by atoms with Crippen molar-refractivity contribution in [2.45, 2.75) is 6.42 Å². The van der Waals surface area contributed by atoms with Crippen LogP contribution in [0.4, 0.5) is 10.2 Å². The highest BCUT2D eigenvalue weighted by Gasteiger charge is 2.05. The predicted molar refractivity (Wildman–Crippen MR) is 109 cm³/mol. The van der Waals surface area contributed by atoms with E-state index in [4.69, 9.17) is 11.6 Å². The first-order valence-corrected chi connectivity index (χ1v) is 9.06. The van der Waals surface area contributed by atoms with Gasteiger partial charge in [-0.25, -0.2) is 14.4 Å². The van der Waals surface area contributed by atoms with E-state index in [-0.39, 0.29) is 5.82 Å². The van der Waals surface area contributed by atoms with Crippen LogP contribution in [0.1, 0.15) is 5.56 Å². The van der Waals surface area contributed by atoms with Crippen molar-refractivity contribution in [3.05, 3.63) is 89.5 Å². The van der Waals surface area contributed by atoms with Crippen LogP contribution in [0.5, 0.6) is 0 Å². The van der Waals surface area contributed by atoms with Gasteiger partial charge in [0.15, 0.2) is 0 Å². The van der Waals surface area contributed by atoms with E-state index in [0.717, 1.165) is 28.1 Å². The van der Waals surface area contributed by atoms with E-state index in [0.29, 0.717) is 17.7 Å². The van der Waals surface area contributed by atoms with Crippen LogP contribution >= 0.6 is 11.6 Å². The molecule has 1 N–H and O–H groups in total. The first-order chi connectivity index (χ1) is 13.2. The van der Waals surface area contributed by atoms with Gasteiger partial charge in [-0.1, -0.05) is 48.0 Å². The Hall–Kier alpha value is -2.98. The number of nitrogens with one attached hydrogen (secondary N) is 1. The Morgan fingerprint density at radius 2 is 1.56 bits per heavy atom. The van der Waals surface area contributed by atoms with Crippen LogP contribution in [0.25, 0.3) is 22.0 Å². The summed E-state index contributed by atoms with van der Waals surface area (Å²) in [6.45, 7) is 0.697. The summed E-state index contributed by atoms with van der Waals surface area (Å²) in [6, 6.07) is 20.8. The molecule has 0 fully saturated rings. The third-order valence-electron chi connectivity index (χ3n) is 4.43. The molecule has 4 rings (SSSR count). The zero-order valence-electron chi connectivity index (χ0n) is 14.5. The highest BCUT2D eigenvalue weighted by atomic mass is 35.5. The average molecular weight is 378 g/mol. The lowest BCUT2D eigenvalue weighted by molar-refractivity contribution is 0.629. The number of hydrogen-bond acceptors (Lipinski definition) is 3. The summed E-state index contributed by atoms with van der Waals surface area (Å²) < 4.78 is 13.5. The molecule has 27 heavy (non-hydrogen) atoms. The van der Waals surface area contributed by atoms with Crippen molar-refractivity contribution in [1.82, 2.24) is 9.97 Å². The minimum Gasteiger partial charge on any atom is -0.369 e. The predicted octanol–water partition coefficient (Wildman–Crippen LogP) is 5.74. The molecule has 0 amide bonds. The molecule has 134 valence electrons. The lowest BCUT2D eigenvalue weighted by atomic mass is 10.0. The van der Waals surface area contributed by atoms with Crippen LogP contribution in [-0.4, -0.2) is 16.5 Å². The van der Waals surface area contributed by atoms with Crippen LogP contribution in [0.15, 0.2) is 73.1 Å². The second-order valence-corrected chi connectivity index (χ2v) is 6.70. The maximum Gasteiger partial charge on any atom is 0.137 e. The number of nitrogens with zero attached hydrogens (tertiary/aromatic N) is 2. The summed E-state index contributed by atoms with van der Waals surface area (Å²) in [5, 5.41) is 4.71. The third kappa shape index (κ3) is 4.07. The van der Waals surface area contributed by atoms with Gasteiger partial charge in [0.1, 0.15) is 18.0 Å². The van der Waals surface area contributed by atoms with Crippen molar-refractivity contribution in [1.29, 1.82) is 0 Å². The van der Waals surface area contributed by atoms with Gasteiger partial charge in [-0.2, -0.15) is 0 Å². The average Bonchev–Trinajstić information content (AvgIpc) is 2.69. The van der Waals surface area contributed by atoms with Crippen LogP contribution in [0.2, 0.25) is 5.02 Å². The molecule has 0 atom stereocenters. The van der Waals surface area contributed by atoms with Gasteiger partial charge in [0.25, 0.3) is 0 Å². The van der Waals surface area contributed by atoms with E-state index in [1.54, 1.807) is 6.07 Å². The molecule has 0 saturated carbocycles.